The van der Waals surface area contributed by atoms with E-state index in [0.29, 0.717) is 6.54 Å². The number of nitrogens with two attached hydrogens (primary N) is 1. The van der Waals surface area contributed by atoms with Crippen LogP contribution in [-0.2, 0) is 4.79 Å². The minimum absolute atomic E-state index is 0. The quantitative estimate of drug-likeness (QED) is 0.886. The molecule has 0 unspecified atom stereocenters. The minimum atomic E-state index is -0.328. The minimum Gasteiger partial charge on any atom is -0.329 e. The Morgan fingerprint density at radius 1 is 1.28 bits per heavy atom. The van der Waals surface area contributed by atoms with Crippen molar-refractivity contribution >= 4 is 24.0 Å². The van der Waals surface area contributed by atoms with Crippen molar-refractivity contribution in [3.05, 3.63) is 29.8 Å². The molecule has 1 aliphatic rings. The number of rotatable bonds is 3. The molecule has 1 aromatic carbocycles. The normalized spacial score (nSPS) is 17.0. The molecule has 3 nitrogen and oxygen atoms in total. The van der Waals surface area contributed by atoms with Crippen LogP contribution in [0.1, 0.15) is 31.2 Å². The molecule has 0 aliphatic heterocycles. The van der Waals surface area contributed by atoms with Crippen molar-refractivity contribution in [3.63, 3.8) is 0 Å². The van der Waals surface area contributed by atoms with E-state index in [9.17, 15) is 4.79 Å². The Bertz CT molecular complexity index is 397. The molecule has 0 spiro atoms. The van der Waals surface area contributed by atoms with Crippen molar-refractivity contribution in [1.82, 2.24) is 0 Å². The topological polar surface area (TPSA) is 55.1 Å². The summed E-state index contributed by atoms with van der Waals surface area (Å²) in [7, 11) is 0. The lowest BCUT2D eigenvalue weighted by molar-refractivity contribution is -0.124. The van der Waals surface area contributed by atoms with Crippen molar-refractivity contribution in [2.24, 2.45) is 11.1 Å². The summed E-state index contributed by atoms with van der Waals surface area (Å²) in [5, 5.41) is 2.98. The Morgan fingerprint density at radius 2 is 1.83 bits per heavy atom. The zero-order valence-corrected chi connectivity index (χ0v) is 11.6. The Balaban J connectivity index is 0.00000162. The number of hydrogen-bond acceptors (Lipinski definition) is 2. The van der Waals surface area contributed by atoms with Crippen LogP contribution in [0, 0.1) is 12.3 Å². The molecular weight excluding hydrogens is 248 g/mol. The van der Waals surface area contributed by atoms with E-state index in [1.807, 2.05) is 31.2 Å². The van der Waals surface area contributed by atoms with E-state index in [4.69, 9.17) is 5.73 Å². The van der Waals surface area contributed by atoms with Gasteiger partial charge in [0.25, 0.3) is 0 Å². The van der Waals surface area contributed by atoms with Gasteiger partial charge in [0.05, 0.1) is 5.41 Å². The van der Waals surface area contributed by atoms with Gasteiger partial charge in [0.1, 0.15) is 0 Å². The second kappa shape index (κ2) is 6.21. The summed E-state index contributed by atoms with van der Waals surface area (Å²) in [6, 6.07) is 7.87. The van der Waals surface area contributed by atoms with E-state index in [1.165, 1.54) is 5.56 Å². The highest BCUT2D eigenvalue weighted by molar-refractivity contribution is 5.95. The number of carbonyl (C=O) groups excluding carboxylic acids is 1. The van der Waals surface area contributed by atoms with Gasteiger partial charge in [-0.2, -0.15) is 0 Å². The van der Waals surface area contributed by atoms with E-state index in [2.05, 4.69) is 5.32 Å². The largest absolute Gasteiger partial charge is 0.329 e. The molecule has 3 N–H and O–H groups in total. The van der Waals surface area contributed by atoms with Crippen LogP contribution in [0.4, 0.5) is 5.69 Å². The zero-order valence-electron chi connectivity index (χ0n) is 10.7. The first-order chi connectivity index (χ1) is 8.16. The number of anilines is 1. The highest BCUT2D eigenvalue weighted by atomic mass is 35.5. The van der Waals surface area contributed by atoms with Gasteiger partial charge >= 0.3 is 0 Å². The van der Waals surface area contributed by atoms with Crippen LogP contribution in [0.5, 0.6) is 0 Å². The molecule has 0 atom stereocenters. The van der Waals surface area contributed by atoms with Crippen LogP contribution in [0.3, 0.4) is 0 Å². The number of halogens is 1. The lowest BCUT2D eigenvalue weighted by atomic mass is 9.85. The average molecular weight is 269 g/mol. The highest BCUT2D eigenvalue weighted by Crippen LogP contribution is 2.38. The van der Waals surface area contributed by atoms with E-state index in [-0.39, 0.29) is 23.7 Å². The molecule has 2 rings (SSSR count). The van der Waals surface area contributed by atoms with E-state index >= 15 is 0 Å². The summed E-state index contributed by atoms with van der Waals surface area (Å²) < 4.78 is 0. The van der Waals surface area contributed by atoms with Crippen LogP contribution < -0.4 is 11.1 Å². The Hall–Kier alpha value is -1.06. The van der Waals surface area contributed by atoms with Gasteiger partial charge in [-0.15, -0.1) is 12.4 Å². The summed E-state index contributed by atoms with van der Waals surface area (Å²) in [4.78, 5) is 12.3. The lowest BCUT2D eigenvalue weighted by Gasteiger charge is -2.25. The van der Waals surface area contributed by atoms with Crippen molar-refractivity contribution < 1.29 is 4.79 Å². The SMILES string of the molecule is Cc1ccc(NC(=O)C2(CN)CCCC2)cc1.Cl. The van der Waals surface area contributed by atoms with Gasteiger partial charge in [-0.1, -0.05) is 30.5 Å². The van der Waals surface area contributed by atoms with Crippen LogP contribution >= 0.6 is 12.4 Å². The number of benzene rings is 1. The monoisotopic (exact) mass is 268 g/mol. The highest BCUT2D eigenvalue weighted by Gasteiger charge is 2.39. The van der Waals surface area contributed by atoms with Gasteiger partial charge in [-0.3, -0.25) is 4.79 Å². The van der Waals surface area contributed by atoms with Gasteiger partial charge in [-0.25, -0.2) is 0 Å². The number of amides is 1. The molecule has 0 saturated heterocycles. The molecule has 18 heavy (non-hydrogen) atoms. The van der Waals surface area contributed by atoms with Gasteiger partial charge < -0.3 is 11.1 Å². The van der Waals surface area contributed by atoms with Crippen molar-refractivity contribution in [3.8, 4) is 0 Å². The fourth-order valence-corrected chi connectivity index (χ4v) is 2.48. The maximum Gasteiger partial charge on any atom is 0.231 e. The molecular formula is C14H21ClN2O. The maximum atomic E-state index is 12.3. The summed E-state index contributed by atoms with van der Waals surface area (Å²) in [6.07, 6.45) is 4.05. The number of hydrogen-bond donors (Lipinski definition) is 2. The first-order valence-corrected chi connectivity index (χ1v) is 6.24. The molecule has 1 amide bonds. The standard InChI is InChI=1S/C14H20N2O.ClH/c1-11-4-6-12(7-5-11)16-13(17)14(10-15)8-2-3-9-14;/h4-7H,2-3,8-10,15H2,1H3,(H,16,17);1H. The maximum absolute atomic E-state index is 12.3. The molecule has 1 aliphatic carbocycles. The molecule has 0 aromatic heterocycles. The van der Waals surface area contributed by atoms with E-state index in [1.54, 1.807) is 0 Å². The van der Waals surface area contributed by atoms with E-state index < -0.39 is 0 Å². The molecule has 0 bridgehead atoms. The van der Waals surface area contributed by atoms with Gasteiger partial charge in [-0.05, 0) is 31.9 Å². The Labute approximate surface area is 115 Å². The predicted octanol–water partition coefficient (Wildman–Crippen LogP) is 2.87. The third-order valence-corrected chi connectivity index (χ3v) is 3.74. The molecule has 4 heteroatoms. The number of carbonyl (C=O) groups is 1. The molecule has 0 heterocycles. The molecule has 0 radical (unpaired) electrons. The molecule has 100 valence electrons. The van der Waals surface area contributed by atoms with Crippen molar-refractivity contribution in [2.45, 2.75) is 32.6 Å². The van der Waals surface area contributed by atoms with Crippen LogP contribution in [0.25, 0.3) is 0 Å². The average Bonchev–Trinajstić information content (AvgIpc) is 2.82. The van der Waals surface area contributed by atoms with Gasteiger partial charge in [0.2, 0.25) is 5.91 Å². The van der Waals surface area contributed by atoms with Crippen LogP contribution in [-0.4, -0.2) is 12.5 Å². The number of aryl methyl sites for hydroxylation is 1. The third kappa shape index (κ3) is 3.03. The van der Waals surface area contributed by atoms with Crippen molar-refractivity contribution in [2.75, 3.05) is 11.9 Å². The third-order valence-electron chi connectivity index (χ3n) is 3.74. The molecule has 1 saturated carbocycles. The smallest absolute Gasteiger partial charge is 0.231 e. The van der Waals surface area contributed by atoms with Crippen LogP contribution in [0.2, 0.25) is 0 Å². The second-order valence-electron chi connectivity index (χ2n) is 5.01. The number of nitrogens with one attached hydrogen (secondary N) is 1. The summed E-state index contributed by atoms with van der Waals surface area (Å²) in [5.74, 6) is 0.0846. The van der Waals surface area contributed by atoms with Crippen LogP contribution in [0.15, 0.2) is 24.3 Å². The zero-order chi connectivity index (χ0) is 12.3. The summed E-state index contributed by atoms with van der Waals surface area (Å²) in [5.41, 5.74) is 7.51. The molecule has 1 aromatic rings. The fourth-order valence-electron chi connectivity index (χ4n) is 2.48. The van der Waals surface area contributed by atoms with Crippen molar-refractivity contribution in [1.29, 1.82) is 0 Å². The summed E-state index contributed by atoms with van der Waals surface area (Å²) >= 11 is 0. The van der Waals surface area contributed by atoms with E-state index in [0.717, 1.165) is 31.4 Å². The van der Waals surface area contributed by atoms with Gasteiger partial charge in [0.15, 0.2) is 0 Å². The van der Waals surface area contributed by atoms with Gasteiger partial charge in [0, 0.05) is 12.2 Å². The second-order valence-corrected chi connectivity index (χ2v) is 5.01. The Kier molecular flexibility index (Phi) is 5.17. The summed E-state index contributed by atoms with van der Waals surface area (Å²) in [6.45, 7) is 2.48. The lowest BCUT2D eigenvalue weighted by Crippen LogP contribution is -2.40. The fraction of sp³-hybridized carbons (Fsp3) is 0.500. The predicted molar refractivity (Wildman–Crippen MR) is 77.0 cm³/mol. The molecule has 1 fully saturated rings. The first kappa shape index (κ1) is 15.0. The first-order valence-electron chi connectivity index (χ1n) is 6.24. The Morgan fingerprint density at radius 3 is 2.33 bits per heavy atom.